The van der Waals surface area contributed by atoms with Gasteiger partial charge >= 0.3 is 12.7 Å². The van der Waals surface area contributed by atoms with Crippen LogP contribution in [0.25, 0.3) is 0 Å². The molecular formula is C20H21F2NO4. The van der Waals surface area contributed by atoms with Crippen molar-refractivity contribution in [2.45, 2.75) is 39.4 Å². The summed E-state index contributed by atoms with van der Waals surface area (Å²) in [7, 11) is 0. The van der Waals surface area contributed by atoms with Crippen molar-refractivity contribution in [3.63, 3.8) is 0 Å². The van der Waals surface area contributed by atoms with E-state index in [9.17, 15) is 18.4 Å². The zero-order chi connectivity index (χ0) is 20.0. The van der Waals surface area contributed by atoms with Gasteiger partial charge in [-0.3, -0.25) is 10.1 Å². The first kappa shape index (κ1) is 20.4. The van der Waals surface area contributed by atoms with Crippen molar-refractivity contribution < 1.29 is 27.8 Å². The number of carbonyl (C=O) groups is 2. The molecule has 0 aromatic heterocycles. The molecule has 0 fully saturated rings. The van der Waals surface area contributed by atoms with Crippen molar-refractivity contribution in [3.05, 3.63) is 59.7 Å². The molecule has 5 nitrogen and oxygen atoms in total. The van der Waals surface area contributed by atoms with Crippen molar-refractivity contribution in [1.82, 2.24) is 0 Å². The first-order valence-corrected chi connectivity index (χ1v) is 8.29. The van der Waals surface area contributed by atoms with E-state index in [0.717, 1.165) is 0 Å². The van der Waals surface area contributed by atoms with E-state index in [1.54, 1.807) is 45.0 Å². The molecule has 0 radical (unpaired) electrons. The summed E-state index contributed by atoms with van der Waals surface area (Å²) in [4.78, 5) is 24.2. The summed E-state index contributed by atoms with van der Waals surface area (Å²) < 4.78 is 33.8. The van der Waals surface area contributed by atoms with Crippen LogP contribution in [-0.4, -0.2) is 24.1 Å². The predicted octanol–water partition coefficient (Wildman–Crippen LogP) is 5.06. The number of carbonyl (C=O) groups excluding carboxylic acids is 2. The second kappa shape index (κ2) is 8.62. The zero-order valence-electron chi connectivity index (χ0n) is 15.3. The van der Waals surface area contributed by atoms with Gasteiger partial charge < -0.3 is 9.47 Å². The quantitative estimate of drug-likeness (QED) is 0.715. The van der Waals surface area contributed by atoms with Crippen molar-refractivity contribution in [2.24, 2.45) is 0 Å². The van der Waals surface area contributed by atoms with Gasteiger partial charge in [0.15, 0.2) is 5.78 Å². The number of amides is 1. The lowest BCUT2D eigenvalue weighted by molar-refractivity contribution is -0.0498. The number of Topliss-reactive ketones (excluding diaryl/α,β-unsaturated/α-hetero) is 1. The molecule has 0 saturated heterocycles. The van der Waals surface area contributed by atoms with Gasteiger partial charge in [-0.1, -0.05) is 12.1 Å². The molecule has 2 rings (SSSR count). The number of anilines is 1. The second-order valence-electron chi connectivity index (χ2n) is 6.83. The van der Waals surface area contributed by atoms with Gasteiger partial charge in [0.1, 0.15) is 11.4 Å². The van der Waals surface area contributed by atoms with Crippen molar-refractivity contribution >= 4 is 17.6 Å². The highest BCUT2D eigenvalue weighted by molar-refractivity contribution is 5.97. The molecule has 0 unspecified atom stereocenters. The van der Waals surface area contributed by atoms with Crippen LogP contribution in [0.1, 0.15) is 36.7 Å². The molecule has 0 saturated carbocycles. The molecule has 0 bridgehead atoms. The summed E-state index contributed by atoms with van der Waals surface area (Å²) >= 11 is 0. The fraction of sp³-hybridized carbons (Fsp3) is 0.300. The van der Waals surface area contributed by atoms with Crippen molar-refractivity contribution in [1.29, 1.82) is 0 Å². The largest absolute Gasteiger partial charge is 0.444 e. The SMILES string of the molecule is CC(C)(C)OC(=O)Nc1cccc(CC(=O)c2ccc(OC(F)F)cc2)c1. The summed E-state index contributed by atoms with van der Waals surface area (Å²) in [5, 5.41) is 2.62. The third-order valence-electron chi connectivity index (χ3n) is 3.34. The van der Waals surface area contributed by atoms with Gasteiger partial charge in [0.25, 0.3) is 0 Å². The van der Waals surface area contributed by atoms with Gasteiger partial charge in [0.05, 0.1) is 0 Å². The first-order valence-electron chi connectivity index (χ1n) is 8.29. The van der Waals surface area contributed by atoms with Crippen LogP contribution in [0.2, 0.25) is 0 Å². The lowest BCUT2D eigenvalue weighted by Crippen LogP contribution is -2.27. The highest BCUT2D eigenvalue weighted by atomic mass is 19.3. The summed E-state index contributed by atoms with van der Waals surface area (Å²) in [6, 6.07) is 12.3. The van der Waals surface area contributed by atoms with E-state index in [4.69, 9.17) is 4.74 Å². The van der Waals surface area contributed by atoms with Crippen molar-refractivity contribution in [3.8, 4) is 5.75 Å². The summed E-state index contributed by atoms with van der Waals surface area (Å²) in [6.45, 7) is 2.38. The maximum atomic E-state index is 12.4. The van der Waals surface area contributed by atoms with Gasteiger partial charge in [0.2, 0.25) is 0 Å². The van der Waals surface area contributed by atoms with Gasteiger partial charge in [-0.15, -0.1) is 0 Å². The Labute approximate surface area is 156 Å². The topological polar surface area (TPSA) is 64.6 Å². The van der Waals surface area contributed by atoms with Gasteiger partial charge in [0, 0.05) is 17.7 Å². The molecule has 0 aliphatic heterocycles. The van der Waals surface area contributed by atoms with E-state index in [0.29, 0.717) is 16.8 Å². The second-order valence-corrected chi connectivity index (χ2v) is 6.83. The molecule has 1 N–H and O–H groups in total. The Morgan fingerprint density at radius 1 is 1.07 bits per heavy atom. The number of rotatable bonds is 6. The zero-order valence-corrected chi connectivity index (χ0v) is 15.3. The molecule has 0 heterocycles. The lowest BCUT2D eigenvalue weighted by Gasteiger charge is -2.19. The fourth-order valence-corrected chi connectivity index (χ4v) is 2.29. The number of ether oxygens (including phenoxy) is 2. The van der Waals surface area contributed by atoms with Crippen LogP contribution in [0.15, 0.2) is 48.5 Å². The summed E-state index contributed by atoms with van der Waals surface area (Å²) in [6.07, 6.45) is -0.487. The molecule has 0 aliphatic carbocycles. The standard InChI is InChI=1S/C20H21F2NO4/c1-20(2,3)27-19(25)23-15-6-4-5-13(11-15)12-17(24)14-7-9-16(10-8-14)26-18(21)22/h4-11,18H,12H2,1-3H3,(H,23,25). The minimum atomic E-state index is -2.91. The maximum Gasteiger partial charge on any atom is 0.412 e. The number of benzene rings is 2. The number of hydrogen-bond acceptors (Lipinski definition) is 4. The summed E-state index contributed by atoms with van der Waals surface area (Å²) in [5.41, 5.74) is 0.969. The van der Waals surface area contributed by atoms with Crippen molar-refractivity contribution in [2.75, 3.05) is 5.32 Å². The molecule has 2 aromatic carbocycles. The third-order valence-corrected chi connectivity index (χ3v) is 3.34. The van der Waals surface area contributed by atoms with Crippen LogP contribution < -0.4 is 10.1 Å². The Morgan fingerprint density at radius 2 is 1.74 bits per heavy atom. The van der Waals surface area contributed by atoms with E-state index < -0.39 is 18.3 Å². The molecule has 1 amide bonds. The molecule has 0 aliphatic rings. The average Bonchev–Trinajstić information content (AvgIpc) is 2.53. The van der Waals surface area contributed by atoms with E-state index in [1.807, 2.05) is 0 Å². The highest BCUT2D eigenvalue weighted by Crippen LogP contribution is 2.18. The van der Waals surface area contributed by atoms with Crippen LogP contribution >= 0.6 is 0 Å². The van der Waals surface area contributed by atoms with Gasteiger partial charge in [-0.05, 0) is 62.7 Å². The number of ketones is 1. The lowest BCUT2D eigenvalue weighted by atomic mass is 10.0. The monoisotopic (exact) mass is 377 g/mol. The molecule has 2 aromatic rings. The molecule has 0 atom stereocenters. The third kappa shape index (κ3) is 7.05. The Morgan fingerprint density at radius 3 is 2.33 bits per heavy atom. The molecule has 7 heteroatoms. The fourth-order valence-electron chi connectivity index (χ4n) is 2.29. The highest BCUT2D eigenvalue weighted by Gasteiger charge is 2.16. The predicted molar refractivity (Wildman–Crippen MR) is 97.4 cm³/mol. The number of nitrogens with one attached hydrogen (secondary N) is 1. The van der Waals surface area contributed by atoms with Crippen LogP contribution in [0.4, 0.5) is 19.3 Å². The van der Waals surface area contributed by atoms with Crippen LogP contribution in [0, 0.1) is 0 Å². The number of hydrogen-bond donors (Lipinski definition) is 1. The number of halogens is 2. The van der Waals surface area contributed by atoms with E-state index in [1.165, 1.54) is 24.3 Å². The molecule has 27 heavy (non-hydrogen) atoms. The Bertz CT molecular complexity index is 798. The molecule has 0 spiro atoms. The van der Waals surface area contributed by atoms with Gasteiger partial charge in [-0.25, -0.2) is 4.79 Å². The number of alkyl halides is 2. The van der Waals surface area contributed by atoms with Crippen LogP contribution in [-0.2, 0) is 11.2 Å². The smallest absolute Gasteiger partial charge is 0.412 e. The summed E-state index contributed by atoms with van der Waals surface area (Å²) in [5.74, 6) is -0.196. The minimum Gasteiger partial charge on any atom is -0.444 e. The maximum absolute atomic E-state index is 12.4. The molecule has 144 valence electrons. The first-order chi connectivity index (χ1) is 12.6. The molecular weight excluding hydrogens is 356 g/mol. The van der Waals surface area contributed by atoms with Gasteiger partial charge in [-0.2, -0.15) is 8.78 Å². The Hall–Kier alpha value is -2.96. The van der Waals surface area contributed by atoms with Crippen LogP contribution in [0.3, 0.4) is 0 Å². The van der Waals surface area contributed by atoms with E-state index in [2.05, 4.69) is 10.1 Å². The van der Waals surface area contributed by atoms with E-state index >= 15 is 0 Å². The average molecular weight is 377 g/mol. The van der Waals surface area contributed by atoms with Crippen LogP contribution in [0.5, 0.6) is 5.75 Å². The Balaban J connectivity index is 2.00. The van der Waals surface area contributed by atoms with E-state index in [-0.39, 0.29) is 18.0 Å². The normalized spacial score (nSPS) is 11.2. The Kier molecular flexibility index (Phi) is 6.50. The minimum absolute atomic E-state index is 0.00916.